The summed E-state index contributed by atoms with van der Waals surface area (Å²) in [5, 5.41) is 10.8. The molecule has 0 spiro atoms. The van der Waals surface area contributed by atoms with Gasteiger partial charge < -0.3 is 5.11 Å². The van der Waals surface area contributed by atoms with E-state index in [1.807, 2.05) is 18.2 Å². The highest BCUT2D eigenvalue weighted by Crippen LogP contribution is 2.37. The van der Waals surface area contributed by atoms with E-state index < -0.39 is 5.60 Å². The van der Waals surface area contributed by atoms with Gasteiger partial charge in [0.15, 0.2) is 0 Å². The van der Waals surface area contributed by atoms with Crippen LogP contribution in [0.5, 0.6) is 0 Å². The highest BCUT2D eigenvalue weighted by Gasteiger charge is 2.39. The molecular weight excluding hydrogens is 246 g/mol. The zero-order valence-electron chi connectivity index (χ0n) is 10.7. The molecule has 0 saturated carbocycles. The summed E-state index contributed by atoms with van der Waals surface area (Å²) in [5.74, 6) is 0. The van der Waals surface area contributed by atoms with Crippen LogP contribution >= 0.6 is 12.4 Å². The van der Waals surface area contributed by atoms with Gasteiger partial charge in [0.1, 0.15) is 5.60 Å². The van der Waals surface area contributed by atoms with Crippen molar-refractivity contribution in [1.82, 2.24) is 4.90 Å². The van der Waals surface area contributed by atoms with Gasteiger partial charge in [0.25, 0.3) is 0 Å². The molecule has 100 valence electrons. The Morgan fingerprint density at radius 1 is 1.11 bits per heavy atom. The van der Waals surface area contributed by atoms with Gasteiger partial charge in [-0.1, -0.05) is 36.8 Å². The van der Waals surface area contributed by atoms with Crippen LogP contribution in [0.3, 0.4) is 0 Å². The quantitative estimate of drug-likeness (QED) is 0.846. The van der Waals surface area contributed by atoms with Crippen molar-refractivity contribution >= 4 is 12.4 Å². The number of halogens is 1. The number of aliphatic hydroxyl groups is 1. The first-order chi connectivity index (χ1) is 8.28. The lowest BCUT2D eigenvalue weighted by Crippen LogP contribution is -2.52. The second-order valence-electron chi connectivity index (χ2n) is 5.56. The molecule has 0 bridgehead atoms. The first-order valence-electron chi connectivity index (χ1n) is 6.80. The third kappa shape index (κ3) is 2.56. The van der Waals surface area contributed by atoms with Crippen molar-refractivity contribution in [2.75, 3.05) is 13.1 Å². The molecule has 1 aromatic carbocycles. The van der Waals surface area contributed by atoms with Crippen LogP contribution in [-0.2, 0) is 5.60 Å². The monoisotopic (exact) mass is 267 g/mol. The van der Waals surface area contributed by atoms with Gasteiger partial charge in [-0.2, -0.15) is 0 Å². The summed E-state index contributed by atoms with van der Waals surface area (Å²) in [6.45, 7) is 1.99. The summed E-state index contributed by atoms with van der Waals surface area (Å²) >= 11 is 0. The molecule has 0 radical (unpaired) electrons. The Morgan fingerprint density at radius 2 is 1.89 bits per heavy atom. The molecule has 2 heterocycles. The van der Waals surface area contributed by atoms with Gasteiger partial charge in [-0.25, -0.2) is 0 Å². The SMILES string of the molecule is Cl.O[C@]1(c2ccccc2)CC[C@H]2CCCCN2C1. The van der Waals surface area contributed by atoms with Gasteiger partial charge in [-0.05, 0) is 37.8 Å². The van der Waals surface area contributed by atoms with E-state index in [9.17, 15) is 5.11 Å². The first-order valence-corrected chi connectivity index (χ1v) is 6.80. The average molecular weight is 268 g/mol. The van der Waals surface area contributed by atoms with E-state index in [2.05, 4.69) is 17.0 Å². The molecule has 0 aromatic heterocycles. The minimum Gasteiger partial charge on any atom is -0.384 e. The van der Waals surface area contributed by atoms with Crippen molar-refractivity contribution in [3.05, 3.63) is 35.9 Å². The van der Waals surface area contributed by atoms with Crippen molar-refractivity contribution in [2.45, 2.75) is 43.7 Å². The van der Waals surface area contributed by atoms with Crippen LogP contribution in [0, 0.1) is 0 Å². The molecule has 0 unspecified atom stereocenters. The van der Waals surface area contributed by atoms with Crippen molar-refractivity contribution in [3.8, 4) is 0 Å². The Kier molecular flexibility index (Phi) is 4.31. The summed E-state index contributed by atoms with van der Waals surface area (Å²) in [4.78, 5) is 2.50. The van der Waals surface area contributed by atoms with Gasteiger partial charge in [0.05, 0.1) is 0 Å². The molecule has 2 aliphatic rings. The van der Waals surface area contributed by atoms with Crippen molar-refractivity contribution in [1.29, 1.82) is 0 Å². The molecule has 0 amide bonds. The summed E-state index contributed by atoms with van der Waals surface area (Å²) in [7, 11) is 0. The Hall–Kier alpha value is -0.570. The second kappa shape index (κ2) is 5.60. The molecule has 3 heteroatoms. The van der Waals surface area contributed by atoms with Crippen LogP contribution in [-0.4, -0.2) is 29.1 Å². The largest absolute Gasteiger partial charge is 0.384 e. The van der Waals surface area contributed by atoms with Crippen molar-refractivity contribution in [3.63, 3.8) is 0 Å². The lowest BCUT2D eigenvalue weighted by atomic mass is 9.80. The Labute approximate surface area is 115 Å². The van der Waals surface area contributed by atoms with Gasteiger partial charge in [0.2, 0.25) is 0 Å². The number of benzene rings is 1. The Bertz CT molecular complexity index is 383. The third-order valence-electron chi connectivity index (χ3n) is 4.42. The number of piperidine rings is 2. The number of fused-ring (bicyclic) bond motifs is 1. The van der Waals surface area contributed by atoms with Crippen molar-refractivity contribution in [2.24, 2.45) is 0 Å². The molecule has 18 heavy (non-hydrogen) atoms. The third-order valence-corrected chi connectivity index (χ3v) is 4.42. The summed E-state index contributed by atoms with van der Waals surface area (Å²) < 4.78 is 0. The maximum Gasteiger partial charge on any atom is 0.102 e. The van der Waals surface area contributed by atoms with E-state index in [0.29, 0.717) is 0 Å². The lowest BCUT2D eigenvalue weighted by molar-refractivity contribution is -0.0661. The minimum atomic E-state index is -0.616. The molecule has 2 fully saturated rings. The Morgan fingerprint density at radius 3 is 2.67 bits per heavy atom. The smallest absolute Gasteiger partial charge is 0.102 e. The van der Waals surface area contributed by atoms with Crippen LogP contribution in [0.1, 0.15) is 37.7 Å². The average Bonchev–Trinajstić information content (AvgIpc) is 2.40. The first kappa shape index (κ1) is 13.9. The highest BCUT2D eigenvalue weighted by atomic mass is 35.5. The number of rotatable bonds is 1. The molecule has 3 rings (SSSR count). The summed E-state index contributed by atoms with van der Waals surface area (Å²) in [5.41, 5.74) is 0.471. The molecule has 1 N–H and O–H groups in total. The predicted octanol–water partition coefficient (Wildman–Crippen LogP) is 2.94. The molecule has 2 saturated heterocycles. The normalized spacial score (nSPS) is 32.4. The van der Waals surface area contributed by atoms with E-state index in [1.165, 1.54) is 25.8 Å². The van der Waals surface area contributed by atoms with Gasteiger partial charge in [0, 0.05) is 12.6 Å². The van der Waals surface area contributed by atoms with Crippen LogP contribution in [0.4, 0.5) is 0 Å². The predicted molar refractivity (Wildman–Crippen MR) is 76.0 cm³/mol. The van der Waals surface area contributed by atoms with Gasteiger partial charge >= 0.3 is 0 Å². The zero-order valence-corrected chi connectivity index (χ0v) is 11.5. The van der Waals surface area contributed by atoms with Crippen molar-refractivity contribution < 1.29 is 5.11 Å². The molecule has 1 aromatic rings. The molecule has 0 aliphatic carbocycles. The second-order valence-corrected chi connectivity index (χ2v) is 5.56. The number of nitrogens with zero attached hydrogens (tertiary/aromatic N) is 1. The molecular formula is C15H22ClNO. The number of hydrogen-bond donors (Lipinski definition) is 1. The van der Waals surface area contributed by atoms with Gasteiger partial charge in [-0.15, -0.1) is 12.4 Å². The van der Waals surface area contributed by atoms with Crippen LogP contribution in [0.15, 0.2) is 30.3 Å². The topological polar surface area (TPSA) is 23.5 Å². The summed E-state index contributed by atoms with van der Waals surface area (Å²) in [6.07, 6.45) is 6.04. The standard InChI is InChI=1S/C15H21NO.ClH/c17-15(13-6-2-1-3-7-13)10-9-14-8-4-5-11-16(14)12-15;/h1-3,6-7,14,17H,4-5,8-12H2;1H/t14-,15-;/m1./s1. The number of hydrogen-bond acceptors (Lipinski definition) is 2. The fourth-order valence-corrected chi connectivity index (χ4v) is 3.40. The van der Waals surface area contributed by atoms with Gasteiger partial charge in [-0.3, -0.25) is 4.90 Å². The Balaban J connectivity index is 0.00000120. The maximum atomic E-state index is 10.8. The molecule has 2 nitrogen and oxygen atoms in total. The van der Waals surface area contributed by atoms with Crippen LogP contribution in [0.25, 0.3) is 0 Å². The van der Waals surface area contributed by atoms with E-state index in [0.717, 1.165) is 31.0 Å². The lowest BCUT2D eigenvalue weighted by Gasteiger charge is -2.46. The molecule has 2 aliphatic heterocycles. The van der Waals surface area contributed by atoms with E-state index in [4.69, 9.17) is 0 Å². The van der Waals surface area contributed by atoms with E-state index in [-0.39, 0.29) is 12.4 Å². The molecule has 2 atom stereocenters. The highest BCUT2D eigenvalue weighted by molar-refractivity contribution is 5.85. The zero-order chi connectivity index (χ0) is 11.7. The minimum absolute atomic E-state index is 0. The fourth-order valence-electron chi connectivity index (χ4n) is 3.40. The van der Waals surface area contributed by atoms with Crippen LogP contribution in [0.2, 0.25) is 0 Å². The maximum absolute atomic E-state index is 10.8. The van der Waals surface area contributed by atoms with E-state index in [1.54, 1.807) is 0 Å². The van der Waals surface area contributed by atoms with E-state index >= 15 is 0 Å². The fraction of sp³-hybridized carbons (Fsp3) is 0.600. The summed E-state index contributed by atoms with van der Waals surface area (Å²) in [6, 6.07) is 10.9. The van der Waals surface area contributed by atoms with Crippen LogP contribution < -0.4 is 0 Å².